The highest BCUT2D eigenvalue weighted by Gasteiger charge is 2.36. The lowest BCUT2D eigenvalue weighted by atomic mass is 9.96. The van der Waals surface area contributed by atoms with E-state index in [2.05, 4.69) is 26.4 Å². The quantitative estimate of drug-likeness (QED) is 0.639. The summed E-state index contributed by atoms with van der Waals surface area (Å²) in [4.78, 5) is 20.9. The SMILES string of the molecule is Cc1cc(Nc2ncn(-c3cc(F)cc(F)c3)n2)cc(N2CC(C(=O)N3CCOCC3)C2)c1. The zero-order chi connectivity index (χ0) is 22.9. The number of benzene rings is 2. The summed E-state index contributed by atoms with van der Waals surface area (Å²) >= 11 is 0. The Morgan fingerprint density at radius 2 is 1.76 bits per heavy atom. The van der Waals surface area contributed by atoms with Crippen LogP contribution in [0.15, 0.2) is 42.7 Å². The van der Waals surface area contributed by atoms with Crippen molar-refractivity contribution in [1.82, 2.24) is 19.7 Å². The Bertz CT molecular complexity index is 1150. The molecule has 33 heavy (non-hydrogen) atoms. The van der Waals surface area contributed by atoms with Crippen LogP contribution in [0.25, 0.3) is 5.69 Å². The molecule has 172 valence electrons. The molecular weight excluding hydrogens is 430 g/mol. The molecule has 0 unspecified atom stereocenters. The van der Waals surface area contributed by atoms with Gasteiger partial charge in [-0.3, -0.25) is 4.79 Å². The van der Waals surface area contributed by atoms with Crippen molar-refractivity contribution in [2.45, 2.75) is 6.92 Å². The Kier molecular flexibility index (Phi) is 5.67. The number of rotatable bonds is 5. The van der Waals surface area contributed by atoms with Crippen LogP contribution in [-0.2, 0) is 9.53 Å². The van der Waals surface area contributed by atoms with E-state index in [1.807, 2.05) is 24.0 Å². The van der Waals surface area contributed by atoms with Crippen LogP contribution in [0.3, 0.4) is 0 Å². The third-order valence-electron chi connectivity index (χ3n) is 5.84. The molecule has 2 fully saturated rings. The van der Waals surface area contributed by atoms with Gasteiger partial charge in [0, 0.05) is 43.6 Å². The monoisotopic (exact) mass is 454 g/mol. The number of ether oxygens (including phenoxy) is 1. The zero-order valence-corrected chi connectivity index (χ0v) is 18.2. The van der Waals surface area contributed by atoms with Gasteiger partial charge in [0.15, 0.2) is 0 Å². The van der Waals surface area contributed by atoms with Gasteiger partial charge in [-0.2, -0.15) is 4.98 Å². The zero-order valence-electron chi connectivity index (χ0n) is 18.2. The van der Waals surface area contributed by atoms with Crippen LogP contribution in [0.1, 0.15) is 5.56 Å². The van der Waals surface area contributed by atoms with Crippen molar-refractivity contribution in [3.8, 4) is 5.69 Å². The number of halogens is 2. The maximum Gasteiger partial charge on any atom is 0.246 e. The molecular formula is C23H24F2N6O2. The van der Waals surface area contributed by atoms with Crippen LogP contribution < -0.4 is 10.2 Å². The molecule has 2 aliphatic heterocycles. The molecule has 0 spiro atoms. The first kappa shape index (κ1) is 21.3. The maximum absolute atomic E-state index is 13.5. The summed E-state index contributed by atoms with van der Waals surface area (Å²) in [5.41, 5.74) is 3.09. The second kappa shape index (κ2) is 8.78. The fraction of sp³-hybridized carbons (Fsp3) is 0.348. The minimum Gasteiger partial charge on any atom is -0.378 e. The number of nitrogens with zero attached hydrogens (tertiary/aromatic N) is 5. The van der Waals surface area contributed by atoms with Gasteiger partial charge in [-0.05, 0) is 42.8 Å². The van der Waals surface area contributed by atoms with Crippen LogP contribution in [-0.4, -0.2) is 65.0 Å². The van der Waals surface area contributed by atoms with Gasteiger partial charge in [0.25, 0.3) is 0 Å². The van der Waals surface area contributed by atoms with Gasteiger partial charge in [0.2, 0.25) is 11.9 Å². The van der Waals surface area contributed by atoms with Crippen LogP contribution in [0.5, 0.6) is 0 Å². The summed E-state index contributed by atoms with van der Waals surface area (Å²) in [6, 6.07) is 9.19. The van der Waals surface area contributed by atoms with Crippen molar-refractivity contribution < 1.29 is 18.3 Å². The normalized spacial score (nSPS) is 16.6. The van der Waals surface area contributed by atoms with Crippen molar-refractivity contribution in [2.24, 2.45) is 5.92 Å². The Morgan fingerprint density at radius 1 is 1.03 bits per heavy atom. The predicted octanol–water partition coefficient (Wildman–Crippen LogP) is 2.89. The van der Waals surface area contributed by atoms with Crippen molar-refractivity contribution in [2.75, 3.05) is 49.6 Å². The Morgan fingerprint density at radius 3 is 2.48 bits per heavy atom. The van der Waals surface area contributed by atoms with Crippen molar-refractivity contribution >= 4 is 23.2 Å². The molecule has 8 nitrogen and oxygen atoms in total. The number of aromatic nitrogens is 3. The van der Waals surface area contributed by atoms with E-state index in [1.165, 1.54) is 23.1 Å². The minimum absolute atomic E-state index is 0.00375. The Hall–Kier alpha value is -3.53. The minimum atomic E-state index is -0.682. The lowest BCUT2D eigenvalue weighted by Gasteiger charge is -2.43. The smallest absolute Gasteiger partial charge is 0.246 e. The number of morpholine rings is 1. The molecule has 2 aliphatic rings. The Balaban J connectivity index is 1.25. The number of carbonyl (C=O) groups excluding carboxylic acids is 1. The van der Waals surface area contributed by atoms with E-state index in [0.29, 0.717) is 45.3 Å². The lowest BCUT2D eigenvalue weighted by molar-refractivity contribution is -0.140. The molecule has 3 aromatic rings. The van der Waals surface area contributed by atoms with Gasteiger partial charge in [-0.15, -0.1) is 5.10 Å². The third kappa shape index (κ3) is 4.65. The highest BCUT2D eigenvalue weighted by molar-refractivity contribution is 5.82. The third-order valence-corrected chi connectivity index (χ3v) is 5.84. The van der Waals surface area contributed by atoms with Crippen LogP contribution >= 0.6 is 0 Å². The number of amides is 1. The van der Waals surface area contributed by atoms with Gasteiger partial charge < -0.3 is 19.9 Å². The number of aryl methyl sites for hydroxylation is 1. The highest BCUT2D eigenvalue weighted by Crippen LogP contribution is 2.30. The predicted molar refractivity (Wildman–Crippen MR) is 119 cm³/mol. The second-order valence-electron chi connectivity index (χ2n) is 8.36. The number of hydrogen-bond acceptors (Lipinski definition) is 6. The van der Waals surface area contributed by atoms with E-state index in [9.17, 15) is 13.6 Å². The first-order valence-electron chi connectivity index (χ1n) is 10.8. The average Bonchev–Trinajstić information content (AvgIpc) is 3.21. The number of hydrogen-bond donors (Lipinski definition) is 1. The second-order valence-corrected chi connectivity index (χ2v) is 8.36. The molecule has 0 saturated carbocycles. The summed E-state index contributed by atoms with van der Waals surface area (Å²) in [6.45, 7) is 5.88. The van der Waals surface area contributed by atoms with Gasteiger partial charge in [-0.25, -0.2) is 13.5 Å². The summed E-state index contributed by atoms with van der Waals surface area (Å²) in [5, 5.41) is 7.42. The first-order chi connectivity index (χ1) is 15.9. The number of anilines is 3. The Labute approximate surface area is 189 Å². The summed E-state index contributed by atoms with van der Waals surface area (Å²) in [6.07, 6.45) is 1.39. The highest BCUT2D eigenvalue weighted by atomic mass is 19.1. The largest absolute Gasteiger partial charge is 0.378 e. The van der Waals surface area contributed by atoms with Crippen LogP contribution in [0, 0.1) is 24.5 Å². The van der Waals surface area contributed by atoms with Crippen molar-refractivity contribution in [3.63, 3.8) is 0 Å². The molecule has 2 aromatic carbocycles. The maximum atomic E-state index is 13.5. The fourth-order valence-electron chi connectivity index (χ4n) is 4.15. The fourth-order valence-corrected chi connectivity index (χ4v) is 4.15. The molecule has 1 amide bonds. The number of nitrogens with one attached hydrogen (secondary N) is 1. The molecule has 3 heterocycles. The van der Waals surface area contributed by atoms with Crippen molar-refractivity contribution in [1.29, 1.82) is 0 Å². The number of carbonyl (C=O) groups is 1. The molecule has 1 N–H and O–H groups in total. The molecule has 0 aliphatic carbocycles. The van der Waals surface area contributed by atoms with E-state index in [4.69, 9.17) is 4.74 Å². The summed E-state index contributed by atoms with van der Waals surface area (Å²) in [5.74, 6) is -0.857. The van der Waals surface area contributed by atoms with E-state index in [1.54, 1.807) is 0 Å². The molecule has 10 heteroatoms. The van der Waals surface area contributed by atoms with Gasteiger partial charge in [-0.1, -0.05) is 0 Å². The lowest BCUT2D eigenvalue weighted by Crippen LogP contribution is -2.56. The van der Waals surface area contributed by atoms with E-state index in [0.717, 1.165) is 23.0 Å². The molecule has 0 bridgehead atoms. The average molecular weight is 454 g/mol. The van der Waals surface area contributed by atoms with Crippen molar-refractivity contribution in [3.05, 3.63) is 59.9 Å². The van der Waals surface area contributed by atoms with E-state index >= 15 is 0 Å². The van der Waals surface area contributed by atoms with Gasteiger partial charge in [0.1, 0.15) is 18.0 Å². The molecule has 1 aromatic heterocycles. The van der Waals surface area contributed by atoms with E-state index < -0.39 is 11.6 Å². The summed E-state index contributed by atoms with van der Waals surface area (Å²) in [7, 11) is 0. The standard InChI is InChI=1S/C23H24F2N6O2/c1-15-6-19(27-23-26-14-31(28-23)21-9-17(24)8-18(25)10-21)11-20(7-15)30-12-16(13-30)22(32)29-2-4-33-5-3-29/h6-11,14,16H,2-5,12-13H2,1H3,(H,27,28). The molecule has 5 rings (SSSR count). The molecule has 2 saturated heterocycles. The first-order valence-corrected chi connectivity index (χ1v) is 10.8. The van der Waals surface area contributed by atoms with Crippen LogP contribution in [0.2, 0.25) is 0 Å². The topological polar surface area (TPSA) is 75.5 Å². The molecule has 0 radical (unpaired) electrons. The van der Waals surface area contributed by atoms with E-state index in [-0.39, 0.29) is 17.5 Å². The van der Waals surface area contributed by atoms with Crippen LogP contribution in [0.4, 0.5) is 26.1 Å². The van der Waals surface area contributed by atoms with Gasteiger partial charge >= 0.3 is 0 Å². The summed E-state index contributed by atoms with van der Waals surface area (Å²) < 4.78 is 33.6. The molecule has 0 atom stereocenters. The van der Waals surface area contributed by atoms with Gasteiger partial charge in [0.05, 0.1) is 24.8 Å².